The number of nitrogens with zero attached hydrogens (tertiary/aromatic N) is 1. The molecule has 0 spiro atoms. The Morgan fingerprint density at radius 3 is 3.00 bits per heavy atom. The fourth-order valence-electron chi connectivity index (χ4n) is 1.29. The van der Waals surface area contributed by atoms with Gasteiger partial charge in [0.15, 0.2) is 0 Å². The van der Waals surface area contributed by atoms with Crippen molar-refractivity contribution in [3.05, 3.63) is 0 Å². The molecule has 0 aromatic rings. The Hall–Kier alpha value is -0.770. The minimum Gasteiger partial charge on any atom is -0.449 e. The zero-order chi connectivity index (χ0) is 9.68. The number of carbonyl (C=O) groups is 1. The summed E-state index contributed by atoms with van der Waals surface area (Å²) in [6, 6.07) is 0.473. The van der Waals surface area contributed by atoms with E-state index in [0.29, 0.717) is 12.6 Å². The highest BCUT2D eigenvalue weighted by atomic mass is 16.6. The minimum atomic E-state index is -0.170. The molecule has 13 heavy (non-hydrogen) atoms. The summed E-state index contributed by atoms with van der Waals surface area (Å²) < 4.78 is 4.91. The van der Waals surface area contributed by atoms with Crippen molar-refractivity contribution < 1.29 is 9.53 Å². The maximum absolute atomic E-state index is 11.1. The van der Waals surface area contributed by atoms with Gasteiger partial charge in [-0.1, -0.05) is 13.8 Å². The van der Waals surface area contributed by atoms with Crippen molar-refractivity contribution in [2.75, 3.05) is 26.2 Å². The maximum atomic E-state index is 11.1. The molecule has 0 atom stereocenters. The molecule has 0 bridgehead atoms. The van der Waals surface area contributed by atoms with Crippen molar-refractivity contribution >= 4 is 6.09 Å². The first-order valence-corrected chi connectivity index (χ1v) is 4.85. The van der Waals surface area contributed by atoms with E-state index in [1.54, 1.807) is 4.90 Å². The Balaban J connectivity index is 2.15. The molecule has 1 rings (SSSR count). The van der Waals surface area contributed by atoms with Crippen LogP contribution in [0.15, 0.2) is 0 Å². The quantitative estimate of drug-likeness (QED) is 0.707. The van der Waals surface area contributed by atoms with Gasteiger partial charge in [-0.25, -0.2) is 4.79 Å². The molecule has 0 aliphatic carbocycles. The summed E-state index contributed by atoms with van der Waals surface area (Å²) >= 11 is 0. The molecular formula is C9H18N2O2. The van der Waals surface area contributed by atoms with Crippen LogP contribution in [-0.2, 0) is 4.74 Å². The number of ether oxygens (including phenoxy) is 1. The molecule has 1 aliphatic heterocycles. The van der Waals surface area contributed by atoms with Crippen LogP contribution in [0.25, 0.3) is 0 Å². The second-order valence-electron chi connectivity index (χ2n) is 3.56. The van der Waals surface area contributed by atoms with Crippen LogP contribution in [0.3, 0.4) is 0 Å². The van der Waals surface area contributed by atoms with E-state index in [2.05, 4.69) is 19.2 Å². The fraction of sp³-hybridized carbons (Fsp3) is 0.889. The first-order valence-electron chi connectivity index (χ1n) is 4.85. The van der Waals surface area contributed by atoms with Crippen LogP contribution < -0.4 is 5.32 Å². The zero-order valence-corrected chi connectivity index (χ0v) is 8.38. The maximum Gasteiger partial charge on any atom is 0.409 e. The number of nitrogens with one attached hydrogen (secondary N) is 1. The lowest BCUT2D eigenvalue weighted by molar-refractivity contribution is 0.0731. The molecule has 1 heterocycles. The van der Waals surface area contributed by atoms with E-state index in [9.17, 15) is 4.79 Å². The van der Waals surface area contributed by atoms with Crippen molar-refractivity contribution in [3.63, 3.8) is 0 Å². The van der Waals surface area contributed by atoms with E-state index in [0.717, 1.165) is 26.1 Å². The highest BCUT2D eigenvalue weighted by Crippen LogP contribution is 2.02. The van der Waals surface area contributed by atoms with E-state index in [1.807, 2.05) is 0 Å². The second-order valence-corrected chi connectivity index (χ2v) is 3.56. The topological polar surface area (TPSA) is 41.6 Å². The highest BCUT2D eigenvalue weighted by molar-refractivity contribution is 5.68. The summed E-state index contributed by atoms with van der Waals surface area (Å²) in [7, 11) is 0. The van der Waals surface area contributed by atoms with Crippen LogP contribution in [0.4, 0.5) is 4.79 Å². The summed E-state index contributed by atoms with van der Waals surface area (Å²) in [5, 5.41) is 3.26. The SMILES string of the molecule is CC(C)NCCN1CCCOC1=O. The molecule has 0 aromatic carbocycles. The summed E-state index contributed by atoms with van der Waals surface area (Å²) in [5.41, 5.74) is 0. The van der Waals surface area contributed by atoms with Crippen LogP contribution in [0.2, 0.25) is 0 Å². The van der Waals surface area contributed by atoms with Crippen molar-refractivity contribution in [1.29, 1.82) is 0 Å². The average Bonchev–Trinajstić information content (AvgIpc) is 2.08. The number of rotatable bonds is 4. The number of cyclic esters (lactones) is 1. The molecule has 4 nitrogen and oxygen atoms in total. The van der Waals surface area contributed by atoms with Crippen molar-refractivity contribution in [2.45, 2.75) is 26.3 Å². The molecule has 0 radical (unpaired) electrons. The monoisotopic (exact) mass is 186 g/mol. The molecule has 0 unspecified atom stereocenters. The smallest absolute Gasteiger partial charge is 0.409 e. The van der Waals surface area contributed by atoms with Gasteiger partial charge in [0, 0.05) is 25.7 Å². The molecular weight excluding hydrogens is 168 g/mol. The van der Waals surface area contributed by atoms with Gasteiger partial charge < -0.3 is 15.0 Å². The van der Waals surface area contributed by atoms with Crippen LogP contribution >= 0.6 is 0 Å². The first kappa shape index (κ1) is 10.3. The molecule has 4 heteroatoms. The lowest BCUT2D eigenvalue weighted by atomic mass is 10.3. The van der Waals surface area contributed by atoms with Gasteiger partial charge in [-0.2, -0.15) is 0 Å². The predicted molar refractivity (Wildman–Crippen MR) is 50.7 cm³/mol. The van der Waals surface area contributed by atoms with Crippen LogP contribution in [0, 0.1) is 0 Å². The Morgan fingerprint density at radius 1 is 1.62 bits per heavy atom. The van der Waals surface area contributed by atoms with Crippen molar-refractivity contribution in [3.8, 4) is 0 Å². The lowest BCUT2D eigenvalue weighted by Gasteiger charge is -2.26. The molecule has 1 N–H and O–H groups in total. The van der Waals surface area contributed by atoms with E-state index < -0.39 is 0 Å². The average molecular weight is 186 g/mol. The number of amides is 1. The number of carbonyl (C=O) groups excluding carboxylic acids is 1. The highest BCUT2D eigenvalue weighted by Gasteiger charge is 2.18. The van der Waals surface area contributed by atoms with Gasteiger partial charge in [-0.3, -0.25) is 0 Å². The summed E-state index contributed by atoms with van der Waals surface area (Å²) in [6.07, 6.45) is 0.782. The Morgan fingerprint density at radius 2 is 2.38 bits per heavy atom. The second kappa shape index (κ2) is 5.07. The van der Waals surface area contributed by atoms with Gasteiger partial charge >= 0.3 is 6.09 Å². The Bertz CT molecular complexity index is 171. The summed E-state index contributed by atoms with van der Waals surface area (Å²) in [5.74, 6) is 0. The van der Waals surface area contributed by atoms with Gasteiger partial charge in [0.25, 0.3) is 0 Å². The summed E-state index contributed by atoms with van der Waals surface area (Å²) in [4.78, 5) is 12.9. The van der Waals surface area contributed by atoms with E-state index in [1.165, 1.54) is 0 Å². The Kier molecular flexibility index (Phi) is 4.02. The zero-order valence-electron chi connectivity index (χ0n) is 8.38. The van der Waals surface area contributed by atoms with Gasteiger partial charge in [0.05, 0.1) is 6.61 Å². The fourth-order valence-corrected chi connectivity index (χ4v) is 1.29. The van der Waals surface area contributed by atoms with Gasteiger partial charge in [-0.15, -0.1) is 0 Å². The third-order valence-corrected chi connectivity index (χ3v) is 1.99. The van der Waals surface area contributed by atoms with Gasteiger partial charge in [0.2, 0.25) is 0 Å². The third-order valence-electron chi connectivity index (χ3n) is 1.99. The summed E-state index contributed by atoms with van der Waals surface area (Å²) in [6.45, 7) is 7.18. The molecule has 1 saturated heterocycles. The van der Waals surface area contributed by atoms with Crippen LogP contribution in [0.5, 0.6) is 0 Å². The van der Waals surface area contributed by atoms with Gasteiger partial charge in [-0.05, 0) is 6.42 Å². The Labute approximate surface area is 79.2 Å². The standard InChI is InChI=1S/C9H18N2O2/c1-8(2)10-4-6-11-5-3-7-13-9(11)12/h8,10H,3-7H2,1-2H3. The molecule has 1 amide bonds. The number of hydrogen-bond acceptors (Lipinski definition) is 3. The van der Waals surface area contributed by atoms with Crippen LogP contribution in [0.1, 0.15) is 20.3 Å². The van der Waals surface area contributed by atoms with E-state index >= 15 is 0 Å². The van der Waals surface area contributed by atoms with E-state index in [4.69, 9.17) is 4.74 Å². The number of hydrogen-bond donors (Lipinski definition) is 1. The molecule has 0 aromatic heterocycles. The first-order chi connectivity index (χ1) is 6.20. The largest absolute Gasteiger partial charge is 0.449 e. The van der Waals surface area contributed by atoms with Gasteiger partial charge in [0.1, 0.15) is 0 Å². The predicted octanol–water partition coefficient (Wildman–Crippen LogP) is 0.827. The molecule has 1 fully saturated rings. The molecule has 0 saturated carbocycles. The van der Waals surface area contributed by atoms with E-state index in [-0.39, 0.29) is 6.09 Å². The molecule has 76 valence electrons. The van der Waals surface area contributed by atoms with Crippen molar-refractivity contribution in [2.24, 2.45) is 0 Å². The molecule has 1 aliphatic rings. The third kappa shape index (κ3) is 3.63. The van der Waals surface area contributed by atoms with Crippen LogP contribution in [-0.4, -0.2) is 43.3 Å². The lowest BCUT2D eigenvalue weighted by Crippen LogP contribution is -2.42. The van der Waals surface area contributed by atoms with Crippen molar-refractivity contribution in [1.82, 2.24) is 10.2 Å². The normalized spacial score (nSPS) is 17.8. The minimum absolute atomic E-state index is 0.170.